The molecule has 3 heterocycles. The Bertz CT molecular complexity index is 1240. The molecule has 9 nitrogen and oxygen atoms in total. The summed E-state index contributed by atoms with van der Waals surface area (Å²) in [4.78, 5) is 12.6. The minimum Gasteiger partial charge on any atom is -0.479 e. The second-order valence-electron chi connectivity index (χ2n) is 8.00. The molecule has 3 rings (SSSR count). The van der Waals surface area contributed by atoms with Crippen LogP contribution in [0.25, 0.3) is 16.7 Å². The van der Waals surface area contributed by atoms with E-state index in [-0.39, 0.29) is 5.28 Å². The lowest BCUT2D eigenvalue weighted by Gasteiger charge is -2.11. The topological polar surface area (TPSA) is 105 Å². The lowest BCUT2D eigenvalue weighted by atomic mass is 10.3. The highest BCUT2D eigenvalue weighted by molar-refractivity contribution is 6.35. The molecule has 0 saturated heterocycles. The van der Waals surface area contributed by atoms with Crippen LogP contribution < -0.4 is 10.5 Å². The molecule has 0 fully saturated rings. The Hall–Kier alpha value is -3.04. The number of unbranched alkanes of at least 4 members (excludes halogenated alkanes) is 1. The Morgan fingerprint density at radius 2 is 1.97 bits per heavy atom. The molecule has 2 N–H and O–H groups in total. The minimum atomic E-state index is 0.170. The number of ether oxygens (including phenoxy) is 2. The number of rotatable bonds is 9. The van der Waals surface area contributed by atoms with Gasteiger partial charge in [0.05, 0.1) is 29.8 Å². The summed E-state index contributed by atoms with van der Waals surface area (Å²) in [6.07, 6.45) is 8.56. The number of aromatic nitrogens is 5. The van der Waals surface area contributed by atoms with Crippen molar-refractivity contribution in [2.24, 2.45) is 4.99 Å². The Kier molecular flexibility index (Phi) is 11.3. The molecule has 0 bridgehead atoms. The third-order valence-electron chi connectivity index (χ3n) is 5.16. The second kappa shape index (κ2) is 13.9. The first-order chi connectivity index (χ1) is 17.2. The Labute approximate surface area is 222 Å². The van der Waals surface area contributed by atoms with Crippen LogP contribution in [-0.4, -0.2) is 43.9 Å². The van der Waals surface area contributed by atoms with Gasteiger partial charge in [-0.05, 0) is 38.8 Å². The number of hydrogen-bond acceptors (Lipinski definition) is 7. The maximum absolute atomic E-state index is 6.26. The maximum Gasteiger partial charge on any atom is 0.257 e. The van der Waals surface area contributed by atoms with Crippen molar-refractivity contribution in [1.82, 2.24) is 24.3 Å². The Morgan fingerprint density at radius 1 is 1.28 bits per heavy atom. The molecular weight excluding hydrogens is 501 g/mol. The van der Waals surface area contributed by atoms with Gasteiger partial charge in [0.25, 0.3) is 5.88 Å². The standard InChI is InChI=1S/C21H25Cl2N7O2.C4H10/c1-6-16(19(31-5)26-12(2)3)30-13(4)17(24)20(28-30)32-9-7-8-29-11-15(22)14-10-25-21(23)27-18(14)29;1-3-4-2/h6,10-11H,2,7-9,24H2,1,3-5H3;3-4H2,1-2H3/b16-6+,26-19?;. The highest BCUT2D eigenvalue weighted by Gasteiger charge is 2.19. The van der Waals surface area contributed by atoms with Crippen LogP contribution in [0.15, 0.2) is 35.7 Å². The molecule has 0 unspecified atom stereocenters. The molecular formula is C25H35Cl2N7O2. The largest absolute Gasteiger partial charge is 0.479 e. The van der Waals surface area contributed by atoms with Crippen LogP contribution in [0.3, 0.4) is 0 Å². The van der Waals surface area contributed by atoms with Crippen molar-refractivity contribution in [2.45, 2.75) is 60.4 Å². The minimum absolute atomic E-state index is 0.170. The zero-order valence-electron chi connectivity index (χ0n) is 21.8. The van der Waals surface area contributed by atoms with Crippen molar-refractivity contribution >= 4 is 51.5 Å². The molecule has 0 amide bonds. The molecule has 0 aliphatic carbocycles. The fourth-order valence-electron chi connectivity index (χ4n) is 3.13. The molecule has 0 aromatic carbocycles. The van der Waals surface area contributed by atoms with Gasteiger partial charge in [0.15, 0.2) is 0 Å². The van der Waals surface area contributed by atoms with Gasteiger partial charge in [-0.3, -0.25) is 0 Å². The van der Waals surface area contributed by atoms with Gasteiger partial charge >= 0.3 is 0 Å². The number of methoxy groups -OCH3 is 1. The molecule has 3 aromatic rings. The summed E-state index contributed by atoms with van der Waals surface area (Å²) in [6.45, 7) is 14.7. The number of allylic oxidation sites excluding steroid dienone is 2. The van der Waals surface area contributed by atoms with Gasteiger partial charge in [0, 0.05) is 24.6 Å². The monoisotopic (exact) mass is 535 g/mol. The van der Waals surface area contributed by atoms with E-state index in [0.717, 1.165) is 5.39 Å². The number of nitrogens with zero attached hydrogens (tertiary/aromatic N) is 6. The summed E-state index contributed by atoms with van der Waals surface area (Å²) in [6, 6.07) is 0. The lowest BCUT2D eigenvalue weighted by Crippen LogP contribution is -2.14. The van der Waals surface area contributed by atoms with Gasteiger partial charge in [-0.2, -0.15) is 4.98 Å². The van der Waals surface area contributed by atoms with E-state index in [1.165, 1.54) is 12.8 Å². The number of fused-ring (bicyclic) bond motifs is 1. The maximum atomic E-state index is 6.26. The van der Waals surface area contributed by atoms with E-state index < -0.39 is 0 Å². The first-order valence-electron chi connectivity index (χ1n) is 11.8. The van der Waals surface area contributed by atoms with Crippen LogP contribution in [0.2, 0.25) is 10.3 Å². The van der Waals surface area contributed by atoms with Crippen molar-refractivity contribution in [3.63, 3.8) is 0 Å². The highest BCUT2D eigenvalue weighted by Crippen LogP contribution is 2.28. The first kappa shape index (κ1) is 29.2. The molecule has 0 atom stereocenters. The smallest absolute Gasteiger partial charge is 0.257 e. The van der Waals surface area contributed by atoms with Crippen molar-refractivity contribution in [3.8, 4) is 5.88 Å². The van der Waals surface area contributed by atoms with E-state index in [9.17, 15) is 0 Å². The average Bonchev–Trinajstić information content (AvgIpc) is 3.31. The normalized spacial score (nSPS) is 11.9. The van der Waals surface area contributed by atoms with Crippen molar-refractivity contribution < 1.29 is 9.47 Å². The van der Waals surface area contributed by atoms with E-state index in [1.54, 1.807) is 31.1 Å². The van der Waals surface area contributed by atoms with Crippen LogP contribution in [0, 0.1) is 6.92 Å². The lowest BCUT2D eigenvalue weighted by molar-refractivity contribution is 0.291. The van der Waals surface area contributed by atoms with E-state index in [4.69, 9.17) is 38.4 Å². The summed E-state index contributed by atoms with van der Waals surface area (Å²) in [5.74, 6) is 0.725. The predicted molar refractivity (Wildman–Crippen MR) is 149 cm³/mol. The van der Waals surface area contributed by atoms with E-state index in [2.05, 4.69) is 40.5 Å². The Balaban J connectivity index is 0.00000106. The number of anilines is 1. The van der Waals surface area contributed by atoms with Crippen LogP contribution in [0.1, 0.15) is 52.7 Å². The number of aliphatic imine (C=N–C) groups is 1. The summed E-state index contributed by atoms with van der Waals surface area (Å²) < 4.78 is 14.8. The van der Waals surface area contributed by atoms with Gasteiger partial charge in [0.1, 0.15) is 17.0 Å². The first-order valence-corrected chi connectivity index (χ1v) is 12.5. The van der Waals surface area contributed by atoms with Crippen molar-refractivity contribution in [2.75, 3.05) is 19.5 Å². The van der Waals surface area contributed by atoms with Gasteiger partial charge in [0.2, 0.25) is 11.2 Å². The van der Waals surface area contributed by atoms with Crippen LogP contribution in [0.4, 0.5) is 5.69 Å². The fourth-order valence-corrected chi connectivity index (χ4v) is 3.51. The molecule has 196 valence electrons. The third kappa shape index (κ3) is 7.24. The number of aryl methyl sites for hydroxylation is 1. The summed E-state index contributed by atoms with van der Waals surface area (Å²) in [5.41, 5.74) is 9.33. The number of nitrogen functional groups attached to an aromatic ring is 1. The second-order valence-corrected chi connectivity index (χ2v) is 8.74. The summed E-state index contributed by atoms with van der Waals surface area (Å²) >= 11 is 12.2. The molecule has 0 aliphatic rings. The molecule has 3 aromatic heterocycles. The summed E-state index contributed by atoms with van der Waals surface area (Å²) in [5, 5.41) is 6.00. The molecule has 11 heteroatoms. The molecule has 0 saturated carbocycles. The highest BCUT2D eigenvalue weighted by atomic mass is 35.5. The number of halogens is 2. The zero-order valence-corrected chi connectivity index (χ0v) is 23.3. The number of hydrogen-bond donors (Lipinski definition) is 1. The molecule has 36 heavy (non-hydrogen) atoms. The van der Waals surface area contributed by atoms with Gasteiger partial charge in [-0.15, -0.1) is 5.10 Å². The quantitative estimate of drug-likeness (QED) is 0.144. The third-order valence-corrected chi connectivity index (χ3v) is 5.64. The van der Waals surface area contributed by atoms with Crippen molar-refractivity contribution in [1.29, 1.82) is 0 Å². The van der Waals surface area contributed by atoms with Gasteiger partial charge in [-0.1, -0.05) is 50.9 Å². The van der Waals surface area contributed by atoms with Crippen LogP contribution in [-0.2, 0) is 11.3 Å². The summed E-state index contributed by atoms with van der Waals surface area (Å²) in [7, 11) is 1.54. The Morgan fingerprint density at radius 3 is 2.56 bits per heavy atom. The van der Waals surface area contributed by atoms with Gasteiger partial charge in [-0.25, -0.2) is 14.7 Å². The van der Waals surface area contributed by atoms with Crippen LogP contribution in [0.5, 0.6) is 5.88 Å². The van der Waals surface area contributed by atoms with E-state index in [0.29, 0.717) is 64.8 Å². The molecule has 0 spiro atoms. The SMILES string of the molecule is C=C(C)N=C(OC)/C(=C\C)n1nc(OCCCn2cc(Cl)c3cnc(Cl)nc32)c(N)c1C.CCCC. The van der Waals surface area contributed by atoms with E-state index in [1.807, 2.05) is 24.5 Å². The van der Waals surface area contributed by atoms with Crippen LogP contribution >= 0.6 is 23.2 Å². The fraction of sp³-hybridized carbons (Fsp3) is 0.440. The average molecular weight is 537 g/mol. The van der Waals surface area contributed by atoms with Crippen molar-refractivity contribution in [3.05, 3.63) is 46.7 Å². The zero-order chi connectivity index (χ0) is 26.8. The molecule has 0 aliphatic heterocycles. The van der Waals surface area contributed by atoms with E-state index >= 15 is 0 Å². The molecule has 0 radical (unpaired) electrons. The predicted octanol–water partition coefficient (Wildman–Crippen LogP) is 6.54. The van der Waals surface area contributed by atoms with Gasteiger partial charge < -0.3 is 19.8 Å². The number of nitrogens with two attached hydrogens (primary N) is 1.